The molecule has 3 aromatic rings. The van der Waals surface area contributed by atoms with Gasteiger partial charge in [-0.3, -0.25) is 4.90 Å². The minimum Gasteiger partial charge on any atom is -0.353 e. The van der Waals surface area contributed by atoms with E-state index in [-0.39, 0.29) is 24.0 Å². The third-order valence-electron chi connectivity index (χ3n) is 6.54. The average molecular weight is 503 g/mol. The lowest BCUT2D eigenvalue weighted by molar-refractivity contribution is 0.134. The fourth-order valence-corrected chi connectivity index (χ4v) is 5.60. The predicted octanol–water partition coefficient (Wildman–Crippen LogP) is 6.39. The molecule has 2 aliphatic rings. The van der Waals surface area contributed by atoms with Crippen molar-refractivity contribution in [1.82, 2.24) is 9.80 Å². The van der Waals surface area contributed by atoms with Gasteiger partial charge in [0.05, 0.1) is 16.9 Å². The number of thiophene rings is 1. The molecule has 0 radical (unpaired) electrons. The van der Waals surface area contributed by atoms with Crippen LogP contribution in [0.5, 0.6) is 0 Å². The van der Waals surface area contributed by atoms with Crippen LogP contribution in [-0.2, 0) is 12.8 Å². The van der Waals surface area contributed by atoms with E-state index in [1.54, 1.807) is 29.5 Å². The van der Waals surface area contributed by atoms with Crippen molar-refractivity contribution in [2.24, 2.45) is 4.99 Å². The zero-order valence-corrected chi connectivity index (χ0v) is 21.0. The molecule has 3 heterocycles. The van der Waals surface area contributed by atoms with Gasteiger partial charge < -0.3 is 10.2 Å². The van der Waals surface area contributed by atoms with E-state index in [4.69, 9.17) is 4.99 Å². The summed E-state index contributed by atoms with van der Waals surface area (Å²) in [5.74, 6) is 0.431. The minimum absolute atomic E-state index is 0. The van der Waals surface area contributed by atoms with Crippen molar-refractivity contribution in [3.8, 4) is 0 Å². The third-order valence-corrected chi connectivity index (χ3v) is 7.73. The first-order chi connectivity index (χ1) is 16.0. The second-order valence-electron chi connectivity index (χ2n) is 8.78. The lowest BCUT2D eigenvalue weighted by Crippen LogP contribution is -2.53. The monoisotopic (exact) mass is 502 g/mol. The number of nitrogens with one attached hydrogen (secondary N) is 1. The molecule has 1 fully saturated rings. The molecule has 0 bridgehead atoms. The summed E-state index contributed by atoms with van der Waals surface area (Å²) >= 11 is 1.74. The summed E-state index contributed by atoms with van der Waals surface area (Å²) in [5, 5.41) is 4.55. The summed E-state index contributed by atoms with van der Waals surface area (Å²) in [6.07, 6.45) is 2.72. The Hall–Kier alpha value is -2.48. The van der Waals surface area contributed by atoms with Gasteiger partial charge in [-0.05, 0) is 62.2 Å². The molecule has 0 spiro atoms. The number of halogens is 3. The Morgan fingerprint density at radius 2 is 1.91 bits per heavy atom. The Balaban J connectivity index is 0.00000274. The Bertz CT molecular complexity index is 1200. The molecule has 1 aromatic heterocycles. The third kappa shape index (κ3) is 5.11. The maximum atomic E-state index is 14.0. The predicted molar refractivity (Wildman–Crippen MR) is 140 cm³/mol. The number of hydrogen-bond acceptors (Lipinski definition) is 5. The highest BCUT2D eigenvalue weighted by molar-refractivity contribution is 7.16. The van der Waals surface area contributed by atoms with Gasteiger partial charge in [0, 0.05) is 36.6 Å². The topological polar surface area (TPSA) is 30.9 Å². The van der Waals surface area contributed by atoms with E-state index >= 15 is 0 Å². The number of fused-ring (bicyclic) bond motifs is 2. The molecule has 34 heavy (non-hydrogen) atoms. The van der Waals surface area contributed by atoms with E-state index in [1.165, 1.54) is 23.1 Å². The number of aryl methyl sites for hydroxylation is 2. The van der Waals surface area contributed by atoms with E-state index in [1.807, 2.05) is 6.07 Å². The molecule has 1 saturated heterocycles. The molecule has 2 aromatic carbocycles. The summed E-state index contributed by atoms with van der Waals surface area (Å²) < 4.78 is 27.6. The Kier molecular flexibility index (Phi) is 7.55. The van der Waals surface area contributed by atoms with Gasteiger partial charge in [-0.1, -0.05) is 19.1 Å². The van der Waals surface area contributed by atoms with Crippen LogP contribution in [0.3, 0.4) is 0 Å². The Morgan fingerprint density at radius 3 is 2.71 bits per heavy atom. The first-order valence-electron chi connectivity index (χ1n) is 11.5. The lowest BCUT2D eigenvalue weighted by atomic mass is 10.0. The van der Waals surface area contributed by atoms with Gasteiger partial charge in [0.25, 0.3) is 0 Å². The number of aliphatic imine (C=N–C) groups is 1. The van der Waals surface area contributed by atoms with Gasteiger partial charge in [-0.2, -0.15) is 0 Å². The molecular formula is C26H29ClF2N4S. The first-order valence-corrected chi connectivity index (χ1v) is 12.3. The Labute approximate surface area is 209 Å². The van der Waals surface area contributed by atoms with Crippen LogP contribution in [0.1, 0.15) is 29.3 Å². The van der Waals surface area contributed by atoms with Crippen molar-refractivity contribution in [2.45, 2.75) is 32.2 Å². The van der Waals surface area contributed by atoms with E-state index in [0.717, 1.165) is 66.5 Å². The maximum absolute atomic E-state index is 14.0. The van der Waals surface area contributed by atoms with Crippen LogP contribution in [0.25, 0.3) is 0 Å². The molecule has 5 rings (SSSR count). The number of piperazine rings is 1. The number of likely N-dealkylation sites (N-methyl/N-ethyl adjacent to an activating group) is 1. The molecule has 4 nitrogen and oxygen atoms in total. The van der Waals surface area contributed by atoms with Gasteiger partial charge in [0.1, 0.15) is 22.5 Å². The highest BCUT2D eigenvalue weighted by Gasteiger charge is 2.30. The molecule has 0 amide bonds. The number of anilines is 2. The number of nitrogens with zero attached hydrogens (tertiary/aromatic N) is 3. The summed E-state index contributed by atoms with van der Waals surface area (Å²) in [5.41, 5.74) is 3.56. The molecule has 0 aliphatic carbocycles. The van der Waals surface area contributed by atoms with Gasteiger partial charge in [-0.15, -0.1) is 23.7 Å². The maximum Gasteiger partial charge on any atom is 0.139 e. The zero-order valence-electron chi connectivity index (χ0n) is 19.4. The van der Waals surface area contributed by atoms with Crippen molar-refractivity contribution in [1.29, 1.82) is 0 Å². The number of hydrogen-bond donors (Lipinski definition) is 1. The number of benzene rings is 2. The highest BCUT2D eigenvalue weighted by atomic mass is 35.5. The molecule has 1 N–H and O–H groups in total. The zero-order chi connectivity index (χ0) is 22.9. The Morgan fingerprint density at radius 1 is 1.09 bits per heavy atom. The van der Waals surface area contributed by atoms with Crippen LogP contribution in [0.2, 0.25) is 0 Å². The lowest BCUT2D eigenvalue weighted by Gasteiger charge is -2.41. The van der Waals surface area contributed by atoms with E-state index in [9.17, 15) is 8.78 Å². The van der Waals surface area contributed by atoms with E-state index in [0.29, 0.717) is 11.7 Å². The van der Waals surface area contributed by atoms with Crippen LogP contribution in [0.4, 0.5) is 25.2 Å². The second-order valence-corrected chi connectivity index (χ2v) is 9.92. The molecule has 8 heteroatoms. The molecule has 180 valence electrons. The van der Waals surface area contributed by atoms with Gasteiger partial charge in [0.15, 0.2) is 0 Å². The fourth-order valence-electron chi connectivity index (χ4n) is 4.59. The van der Waals surface area contributed by atoms with Crippen LogP contribution in [-0.4, -0.2) is 48.4 Å². The van der Waals surface area contributed by atoms with Gasteiger partial charge in [-0.25, -0.2) is 13.8 Å². The summed E-state index contributed by atoms with van der Waals surface area (Å²) in [6, 6.07) is 14.1. The van der Waals surface area contributed by atoms with Crippen molar-refractivity contribution in [3.05, 3.63) is 76.2 Å². The molecular weight excluding hydrogens is 474 g/mol. The van der Waals surface area contributed by atoms with Crippen molar-refractivity contribution in [2.75, 3.05) is 32.0 Å². The van der Waals surface area contributed by atoms with E-state index < -0.39 is 0 Å². The molecule has 0 unspecified atom stereocenters. The average Bonchev–Trinajstić information content (AvgIpc) is 3.15. The summed E-state index contributed by atoms with van der Waals surface area (Å²) in [7, 11) is 2.15. The minimum atomic E-state index is -0.288. The standard InChI is InChI=1S/C26H28F2N4S.ClH/c1-3-21-15-22-25(29-24-14-19(28)8-10-23(24)30-26(22)33-21)32-12-11-31(2)20(16-32)9-7-17-5-4-6-18(27)13-17;/h4-6,8,10,13-15,20,30H,3,7,9,11-12,16H2,1-2H3;1H/t20-;/m0./s1. The van der Waals surface area contributed by atoms with E-state index in [2.05, 4.69) is 35.2 Å². The quantitative estimate of drug-likeness (QED) is 0.448. The van der Waals surface area contributed by atoms with Crippen LogP contribution >= 0.6 is 23.7 Å². The SMILES string of the molecule is CCc1cc2c(s1)Nc1ccc(F)cc1N=C2N1CCN(C)[C@@H](CCc2cccc(F)c2)C1.Cl. The molecule has 0 saturated carbocycles. The summed E-state index contributed by atoms with van der Waals surface area (Å²) in [4.78, 5) is 11.0. The largest absolute Gasteiger partial charge is 0.353 e. The van der Waals surface area contributed by atoms with Gasteiger partial charge >= 0.3 is 0 Å². The summed E-state index contributed by atoms with van der Waals surface area (Å²) in [6.45, 7) is 4.75. The van der Waals surface area contributed by atoms with Crippen LogP contribution < -0.4 is 5.32 Å². The van der Waals surface area contributed by atoms with Gasteiger partial charge in [0.2, 0.25) is 0 Å². The smallest absolute Gasteiger partial charge is 0.139 e. The highest BCUT2D eigenvalue weighted by Crippen LogP contribution is 2.40. The fraction of sp³-hybridized carbons (Fsp3) is 0.346. The van der Waals surface area contributed by atoms with Crippen molar-refractivity contribution in [3.63, 3.8) is 0 Å². The number of rotatable bonds is 4. The first kappa shape index (κ1) is 24.6. The van der Waals surface area contributed by atoms with Crippen molar-refractivity contribution < 1.29 is 8.78 Å². The van der Waals surface area contributed by atoms with Crippen LogP contribution in [0, 0.1) is 11.6 Å². The second kappa shape index (κ2) is 10.4. The number of amidine groups is 1. The van der Waals surface area contributed by atoms with Crippen LogP contribution in [0.15, 0.2) is 53.5 Å². The normalized spacial score (nSPS) is 17.7. The molecule has 2 aliphatic heterocycles. The molecule has 1 atom stereocenters. The van der Waals surface area contributed by atoms with Crippen molar-refractivity contribution >= 4 is 46.0 Å².